The molecule has 1 aromatic carbocycles. The molecular formula is C35H41FN6O4. The van der Waals surface area contributed by atoms with Crippen molar-refractivity contribution in [3.05, 3.63) is 52.6 Å². The van der Waals surface area contributed by atoms with Crippen LogP contribution in [-0.2, 0) is 34.2 Å². The molecule has 11 heteroatoms. The number of aromatic nitrogens is 4. The van der Waals surface area contributed by atoms with Crippen molar-refractivity contribution in [1.29, 1.82) is 0 Å². The second kappa shape index (κ2) is 12.6. The van der Waals surface area contributed by atoms with Crippen LogP contribution in [0, 0.1) is 19.7 Å². The molecule has 2 saturated heterocycles. The highest BCUT2D eigenvalue weighted by Gasteiger charge is 2.29. The van der Waals surface area contributed by atoms with Crippen molar-refractivity contribution in [2.75, 3.05) is 58.0 Å². The van der Waals surface area contributed by atoms with E-state index in [0.717, 1.165) is 104 Å². The van der Waals surface area contributed by atoms with Crippen molar-refractivity contribution < 1.29 is 23.4 Å². The third-order valence-electron chi connectivity index (χ3n) is 9.95. The Hall–Kier alpha value is -4.09. The summed E-state index contributed by atoms with van der Waals surface area (Å²) in [5, 5.41) is 0.806. The molecule has 0 atom stereocenters. The SMILES string of the molecule is COC(=O)Cc1c(C)nc2c(cc(-c3nccc(N4CCN(C5CCOCC5)CC4)n3)n2C)c1-c1cc(F)c2c(c1C)CCCO2. The first-order valence-electron chi connectivity index (χ1n) is 16.2. The quantitative estimate of drug-likeness (QED) is 0.279. The van der Waals surface area contributed by atoms with Crippen LogP contribution in [0.3, 0.4) is 0 Å². The predicted octanol–water partition coefficient (Wildman–Crippen LogP) is 4.79. The van der Waals surface area contributed by atoms with Gasteiger partial charge in [0.1, 0.15) is 11.5 Å². The number of benzene rings is 1. The number of carbonyl (C=O) groups excluding carboxylic acids is 1. The normalized spacial score (nSPS) is 17.6. The first-order chi connectivity index (χ1) is 22.3. The maximum Gasteiger partial charge on any atom is 0.310 e. The molecule has 0 saturated carbocycles. The highest BCUT2D eigenvalue weighted by atomic mass is 19.1. The van der Waals surface area contributed by atoms with Gasteiger partial charge in [0.2, 0.25) is 0 Å². The lowest BCUT2D eigenvalue weighted by Gasteiger charge is -2.41. The minimum absolute atomic E-state index is 0.0192. The second-order valence-electron chi connectivity index (χ2n) is 12.5. The van der Waals surface area contributed by atoms with Gasteiger partial charge in [0.05, 0.1) is 25.8 Å². The van der Waals surface area contributed by atoms with Crippen molar-refractivity contribution in [2.45, 2.75) is 52.0 Å². The Balaban J connectivity index is 1.30. The van der Waals surface area contributed by atoms with Crippen molar-refractivity contribution in [2.24, 2.45) is 7.05 Å². The van der Waals surface area contributed by atoms with Crippen molar-refractivity contribution in [3.63, 3.8) is 0 Å². The van der Waals surface area contributed by atoms with Gasteiger partial charge in [0, 0.05) is 75.3 Å². The van der Waals surface area contributed by atoms with E-state index in [2.05, 4.69) is 14.8 Å². The van der Waals surface area contributed by atoms with Gasteiger partial charge in [-0.25, -0.2) is 19.3 Å². The van der Waals surface area contributed by atoms with Crippen LogP contribution in [0.5, 0.6) is 5.75 Å². The van der Waals surface area contributed by atoms with E-state index >= 15 is 4.39 Å². The summed E-state index contributed by atoms with van der Waals surface area (Å²) in [7, 11) is 3.32. The van der Waals surface area contributed by atoms with E-state index < -0.39 is 5.82 Å². The Bertz CT molecular complexity index is 1790. The Morgan fingerprint density at radius 3 is 2.63 bits per heavy atom. The van der Waals surface area contributed by atoms with Gasteiger partial charge < -0.3 is 23.7 Å². The highest BCUT2D eigenvalue weighted by molar-refractivity contribution is 6.00. The maximum atomic E-state index is 15.6. The lowest BCUT2D eigenvalue weighted by Crippen LogP contribution is -2.51. The number of carbonyl (C=O) groups is 1. The third kappa shape index (κ3) is 5.49. The lowest BCUT2D eigenvalue weighted by molar-refractivity contribution is -0.139. The fourth-order valence-corrected chi connectivity index (χ4v) is 7.37. The Morgan fingerprint density at radius 2 is 1.87 bits per heavy atom. The summed E-state index contributed by atoms with van der Waals surface area (Å²) in [4.78, 5) is 32.2. The molecule has 7 rings (SSSR count). The van der Waals surface area contributed by atoms with E-state index in [1.165, 1.54) is 13.2 Å². The molecule has 0 bridgehead atoms. The molecule has 3 aliphatic rings. The van der Waals surface area contributed by atoms with Gasteiger partial charge in [-0.1, -0.05) is 0 Å². The van der Waals surface area contributed by atoms with Gasteiger partial charge in [0.15, 0.2) is 17.4 Å². The zero-order valence-corrected chi connectivity index (χ0v) is 27.1. The van der Waals surface area contributed by atoms with E-state index in [0.29, 0.717) is 41.1 Å². The zero-order chi connectivity index (χ0) is 31.9. The number of hydrogen-bond acceptors (Lipinski definition) is 9. The number of nitrogens with zero attached hydrogens (tertiary/aromatic N) is 6. The molecule has 0 unspecified atom stereocenters. The standard InChI is InChI=1S/C35H41FN6O4/c1-21-24-6-5-15-46-33(24)28(36)18-25(21)32-26(20-31(43)44-4)22(2)38-35-27(32)19-29(40(35)3)34-37-10-7-30(39-34)42-13-11-41(12-14-42)23-8-16-45-17-9-23/h7,10,18-19,23H,5-6,8-9,11-17,20H2,1-4H3. The molecule has 3 aliphatic heterocycles. The Kier molecular flexibility index (Phi) is 8.37. The predicted molar refractivity (Wildman–Crippen MR) is 174 cm³/mol. The number of piperazine rings is 1. The molecule has 3 aromatic heterocycles. The van der Waals surface area contributed by atoms with E-state index in [4.69, 9.17) is 24.2 Å². The number of hydrogen-bond donors (Lipinski definition) is 0. The van der Waals surface area contributed by atoms with Crippen LogP contribution in [0.15, 0.2) is 24.4 Å². The summed E-state index contributed by atoms with van der Waals surface area (Å²) < 4.78 is 33.9. The van der Waals surface area contributed by atoms with Crippen molar-refractivity contribution >= 4 is 22.8 Å². The smallest absolute Gasteiger partial charge is 0.310 e. The van der Waals surface area contributed by atoms with Crippen LogP contribution in [0.1, 0.15) is 41.6 Å². The van der Waals surface area contributed by atoms with Crippen LogP contribution >= 0.6 is 0 Å². The molecule has 0 spiro atoms. The molecule has 10 nitrogen and oxygen atoms in total. The minimum atomic E-state index is -0.397. The third-order valence-corrected chi connectivity index (χ3v) is 9.95. The van der Waals surface area contributed by atoms with Crippen molar-refractivity contribution in [1.82, 2.24) is 24.4 Å². The number of fused-ring (bicyclic) bond motifs is 2. The molecule has 0 amide bonds. The van der Waals surface area contributed by atoms with E-state index in [9.17, 15) is 4.79 Å². The lowest BCUT2D eigenvalue weighted by atomic mass is 9.87. The molecule has 0 aliphatic carbocycles. The van der Waals surface area contributed by atoms with Gasteiger partial charge in [0.25, 0.3) is 0 Å². The van der Waals surface area contributed by atoms with Crippen LogP contribution < -0.4 is 9.64 Å². The van der Waals surface area contributed by atoms with Gasteiger partial charge in [-0.05, 0) is 80.0 Å². The van der Waals surface area contributed by atoms with Gasteiger partial charge in [-0.15, -0.1) is 0 Å². The van der Waals surface area contributed by atoms with Crippen LogP contribution in [0.25, 0.3) is 33.7 Å². The molecule has 46 heavy (non-hydrogen) atoms. The minimum Gasteiger partial charge on any atom is -0.490 e. The Labute approximate surface area is 268 Å². The molecule has 0 N–H and O–H groups in total. The first-order valence-corrected chi connectivity index (χ1v) is 16.2. The van der Waals surface area contributed by atoms with Crippen LogP contribution in [0.4, 0.5) is 10.2 Å². The first kappa shape index (κ1) is 30.6. The summed E-state index contributed by atoms with van der Waals surface area (Å²) >= 11 is 0. The summed E-state index contributed by atoms with van der Waals surface area (Å²) in [5.74, 6) is 1.03. The average molecular weight is 629 g/mol. The monoisotopic (exact) mass is 628 g/mol. The number of ether oxygens (including phenoxy) is 3. The summed E-state index contributed by atoms with van der Waals surface area (Å²) in [6.07, 6.45) is 5.58. The molecule has 0 radical (unpaired) electrons. The van der Waals surface area contributed by atoms with Gasteiger partial charge in [-0.3, -0.25) is 9.69 Å². The number of pyridine rings is 1. The largest absolute Gasteiger partial charge is 0.490 e. The van der Waals surface area contributed by atoms with Crippen molar-refractivity contribution in [3.8, 4) is 28.4 Å². The highest BCUT2D eigenvalue weighted by Crippen LogP contribution is 2.43. The topological polar surface area (TPSA) is 94.8 Å². The summed E-state index contributed by atoms with van der Waals surface area (Å²) in [5.41, 5.74) is 6.23. The fraction of sp³-hybridized carbons (Fsp3) is 0.486. The zero-order valence-electron chi connectivity index (χ0n) is 27.1. The summed E-state index contributed by atoms with van der Waals surface area (Å²) in [6, 6.07) is 6.13. The number of esters is 1. The van der Waals surface area contributed by atoms with E-state index in [1.807, 2.05) is 43.8 Å². The average Bonchev–Trinajstić information content (AvgIpc) is 3.42. The van der Waals surface area contributed by atoms with Gasteiger partial charge >= 0.3 is 5.97 Å². The van der Waals surface area contributed by atoms with Crippen LogP contribution in [-0.4, -0.2) is 89.5 Å². The van der Waals surface area contributed by atoms with E-state index in [-0.39, 0.29) is 12.4 Å². The molecule has 6 heterocycles. The number of methoxy groups -OCH3 is 1. The number of anilines is 1. The van der Waals surface area contributed by atoms with Gasteiger partial charge in [-0.2, -0.15) is 0 Å². The molecular weight excluding hydrogens is 587 g/mol. The molecule has 2 fully saturated rings. The Morgan fingerprint density at radius 1 is 1.09 bits per heavy atom. The number of rotatable bonds is 6. The van der Waals surface area contributed by atoms with Crippen LogP contribution in [0.2, 0.25) is 0 Å². The van der Waals surface area contributed by atoms with E-state index in [1.54, 1.807) is 0 Å². The summed E-state index contributed by atoms with van der Waals surface area (Å²) in [6.45, 7) is 9.88. The maximum absolute atomic E-state index is 15.6. The molecule has 4 aromatic rings. The second-order valence-corrected chi connectivity index (χ2v) is 12.5. The number of aryl methyl sites for hydroxylation is 2. The number of halogens is 1. The fourth-order valence-electron chi connectivity index (χ4n) is 7.37. The molecule has 242 valence electrons.